The third kappa shape index (κ3) is 4.03. The molecule has 0 radical (unpaired) electrons. The third-order valence-corrected chi connectivity index (χ3v) is 5.72. The Kier molecular flexibility index (Phi) is 6.31. The fraction of sp³-hybridized carbons (Fsp3) is 0.318. The number of benzene rings is 2. The number of phenols is 1. The summed E-state index contributed by atoms with van der Waals surface area (Å²) >= 11 is 1.68. The molecule has 6 heteroatoms. The van der Waals surface area contributed by atoms with Gasteiger partial charge in [0.05, 0.1) is 31.8 Å². The minimum absolute atomic E-state index is 0.215. The molecule has 0 aliphatic carbocycles. The summed E-state index contributed by atoms with van der Waals surface area (Å²) in [7, 11) is 6.02. The van der Waals surface area contributed by atoms with Crippen LogP contribution in [0.5, 0.6) is 5.75 Å². The zero-order valence-electron chi connectivity index (χ0n) is 16.8. The van der Waals surface area contributed by atoms with Gasteiger partial charge in [-0.2, -0.15) is 0 Å². The van der Waals surface area contributed by atoms with Crippen molar-refractivity contribution >= 4 is 28.6 Å². The van der Waals surface area contributed by atoms with E-state index in [0.29, 0.717) is 24.5 Å². The van der Waals surface area contributed by atoms with E-state index in [0.717, 1.165) is 27.1 Å². The molecule has 0 bridgehead atoms. The maximum absolute atomic E-state index is 12.9. The average molecular weight is 400 g/mol. The summed E-state index contributed by atoms with van der Waals surface area (Å²) in [5, 5.41) is 11.3. The number of carbonyl (C=O) groups is 1. The minimum atomic E-state index is -0.336. The van der Waals surface area contributed by atoms with E-state index in [1.165, 1.54) is 4.90 Å². The quantitative estimate of drug-likeness (QED) is 0.474. The van der Waals surface area contributed by atoms with E-state index in [2.05, 4.69) is 12.1 Å². The molecule has 0 amide bonds. The molecule has 148 valence electrons. The Balaban J connectivity index is 2.17. The molecular weight excluding hydrogens is 372 g/mol. The number of aromatic hydroxyl groups is 1. The molecule has 1 aromatic heterocycles. The molecule has 0 spiro atoms. The number of aromatic nitrogens is 1. The van der Waals surface area contributed by atoms with E-state index in [1.54, 1.807) is 17.8 Å². The zero-order valence-corrected chi connectivity index (χ0v) is 17.6. The van der Waals surface area contributed by atoms with Crippen molar-refractivity contribution in [1.82, 2.24) is 4.57 Å². The molecule has 1 heterocycles. The number of carbonyl (C=O) groups excluding carboxylic acids is 1. The summed E-state index contributed by atoms with van der Waals surface area (Å²) in [5.74, 6) is 0.516. The van der Waals surface area contributed by atoms with Crippen molar-refractivity contribution in [2.24, 2.45) is 7.05 Å². The summed E-state index contributed by atoms with van der Waals surface area (Å²) in [6.07, 6.45) is 0. The highest BCUT2D eigenvalue weighted by Crippen LogP contribution is 2.36. The molecule has 3 aromatic rings. The number of hydrogen-bond acceptors (Lipinski definition) is 4. The van der Waals surface area contributed by atoms with E-state index < -0.39 is 0 Å². The third-order valence-electron chi connectivity index (χ3n) is 4.70. The Morgan fingerprint density at radius 3 is 2.54 bits per heavy atom. The van der Waals surface area contributed by atoms with Crippen molar-refractivity contribution in [2.45, 2.75) is 24.1 Å². The Morgan fingerprint density at radius 2 is 1.89 bits per heavy atom. The number of fused-ring (bicyclic) bond motifs is 1. The maximum Gasteiger partial charge on any atom is 0.340 e. The van der Waals surface area contributed by atoms with Gasteiger partial charge in [-0.1, -0.05) is 18.2 Å². The number of nitrogens with one attached hydrogen (secondary N) is 1. The molecule has 0 saturated carbocycles. The van der Waals surface area contributed by atoms with Crippen molar-refractivity contribution in [1.29, 1.82) is 0 Å². The molecule has 0 aliphatic heterocycles. The van der Waals surface area contributed by atoms with Crippen molar-refractivity contribution in [3.05, 3.63) is 59.3 Å². The summed E-state index contributed by atoms with van der Waals surface area (Å²) < 4.78 is 7.44. The number of ether oxygens (including phenoxy) is 1. The van der Waals surface area contributed by atoms with Crippen molar-refractivity contribution < 1.29 is 19.5 Å². The van der Waals surface area contributed by atoms with E-state index in [9.17, 15) is 9.90 Å². The van der Waals surface area contributed by atoms with E-state index >= 15 is 0 Å². The van der Waals surface area contributed by atoms with Gasteiger partial charge in [0.25, 0.3) is 0 Å². The fourth-order valence-corrected chi connectivity index (χ4v) is 4.42. The number of phenolic OH excluding ortho intramolecular Hbond substituents is 1. The molecule has 28 heavy (non-hydrogen) atoms. The standard InChI is InChI=1S/C22H26N2O3S/c1-5-27-22(26)21-18(14-28-15-9-7-6-8-10-15)24(4)17-11-12-19(25)16(20(17)21)13-23(2)3/h6-12,25H,5,13-14H2,1-4H3/p+1. The second kappa shape index (κ2) is 8.71. The average Bonchev–Trinajstić information content (AvgIpc) is 2.95. The van der Waals surface area contributed by atoms with E-state index in [-0.39, 0.29) is 11.7 Å². The zero-order chi connectivity index (χ0) is 20.3. The van der Waals surface area contributed by atoms with E-state index in [4.69, 9.17) is 4.74 Å². The van der Waals surface area contributed by atoms with Crippen LogP contribution in [-0.2, 0) is 24.1 Å². The number of aryl methyl sites for hydroxylation is 1. The van der Waals surface area contributed by atoms with Gasteiger partial charge >= 0.3 is 5.97 Å². The lowest BCUT2D eigenvalue weighted by Crippen LogP contribution is -3.04. The summed E-state index contributed by atoms with van der Waals surface area (Å²) in [6, 6.07) is 13.7. The number of nitrogens with zero attached hydrogens (tertiary/aromatic N) is 1. The molecule has 0 atom stereocenters. The number of rotatable bonds is 7. The summed E-state index contributed by atoms with van der Waals surface area (Å²) in [6.45, 7) is 2.74. The van der Waals surface area contributed by atoms with Crippen LogP contribution >= 0.6 is 11.8 Å². The van der Waals surface area contributed by atoms with Crippen LogP contribution in [-0.4, -0.2) is 36.3 Å². The highest BCUT2D eigenvalue weighted by atomic mass is 32.2. The molecule has 0 fully saturated rings. The van der Waals surface area contributed by atoms with Crippen LogP contribution in [0, 0.1) is 0 Å². The fourth-order valence-electron chi connectivity index (χ4n) is 3.43. The second-order valence-corrected chi connectivity index (χ2v) is 8.09. The molecule has 2 N–H and O–H groups in total. The first-order valence-electron chi connectivity index (χ1n) is 9.40. The lowest BCUT2D eigenvalue weighted by molar-refractivity contribution is -0.872. The Morgan fingerprint density at radius 1 is 1.18 bits per heavy atom. The molecule has 5 nitrogen and oxygen atoms in total. The Hall–Kier alpha value is -2.44. The van der Waals surface area contributed by atoms with Gasteiger partial charge in [-0.25, -0.2) is 4.79 Å². The topological polar surface area (TPSA) is 55.9 Å². The van der Waals surface area contributed by atoms with Gasteiger partial charge in [-0.3, -0.25) is 0 Å². The Labute approximate surface area is 169 Å². The molecular formula is C22H27N2O3S+. The van der Waals surface area contributed by atoms with Crippen LogP contribution in [0.25, 0.3) is 10.9 Å². The second-order valence-electron chi connectivity index (χ2n) is 7.04. The molecule has 0 unspecified atom stereocenters. The first kappa shape index (κ1) is 20.3. The van der Waals surface area contributed by atoms with Gasteiger partial charge in [-0.05, 0) is 31.2 Å². The van der Waals surface area contributed by atoms with Gasteiger partial charge in [0, 0.05) is 34.3 Å². The SMILES string of the molecule is CCOC(=O)c1c(CSc2ccccc2)n(C)c2ccc(O)c(C[NH+](C)C)c12. The van der Waals surface area contributed by atoms with Gasteiger partial charge in [0.15, 0.2) is 0 Å². The molecule has 0 saturated heterocycles. The molecule has 3 rings (SSSR count). The van der Waals surface area contributed by atoms with Crippen LogP contribution < -0.4 is 4.90 Å². The summed E-state index contributed by atoms with van der Waals surface area (Å²) in [4.78, 5) is 15.2. The van der Waals surface area contributed by atoms with Gasteiger partial charge < -0.3 is 19.3 Å². The first-order valence-corrected chi connectivity index (χ1v) is 10.4. The van der Waals surface area contributed by atoms with Gasteiger partial charge in [0.1, 0.15) is 12.3 Å². The van der Waals surface area contributed by atoms with Crippen LogP contribution in [0.1, 0.15) is 28.5 Å². The first-order chi connectivity index (χ1) is 13.4. The van der Waals surface area contributed by atoms with Crippen LogP contribution in [0.2, 0.25) is 0 Å². The van der Waals surface area contributed by atoms with Crippen molar-refractivity contribution in [3.63, 3.8) is 0 Å². The molecule has 2 aromatic carbocycles. The number of hydrogen-bond donors (Lipinski definition) is 2. The number of quaternary nitrogens is 1. The van der Waals surface area contributed by atoms with Crippen molar-refractivity contribution in [2.75, 3.05) is 20.7 Å². The molecule has 0 aliphatic rings. The van der Waals surface area contributed by atoms with E-state index in [1.807, 2.05) is 56.9 Å². The van der Waals surface area contributed by atoms with Crippen LogP contribution in [0.3, 0.4) is 0 Å². The largest absolute Gasteiger partial charge is 0.507 e. The Bertz CT molecular complexity index is 981. The minimum Gasteiger partial charge on any atom is -0.507 e. The smallest absolute Gasteiger partial charge is 0.340 e. The number of esters is 1. The predicted molar refractivity (Wildman–Crippen MR) is 113 cm³/mol. The normalized spacial score (nSPS) is 11.3. The van der Waals surface area contributed by atoms with Crippen molar-refractivity contribution in [3.8, 4) is 5.75 Å². The highest BCUT2D eigenvalue weighted by molar-refractivity contribution is 7.98. The summed E-state index contributed by atoms with van der Waals surface area (Å²) in [5.41, 5.74) is 3.19. The van der Waals surface area contributed by atoms with Crippen LogP contribution in [0.4, 0.5) is 0 Å². The highest BCUT2D eigenvalue weighted by Gasteiger charge is 2.26. The lowest BCUT2D eigenvalue weighted by Gasteiger charge is -2.12. The number of thioether (sulfide) groups is 1. The van der Waals surface area contributed by atoms with Gasteiger partial charge in [-0.15, -0.1) is 11.8 Å². The maximum atomic E-state index is 12.9. The van der Waals surface area contributed by atoms with Gasteiger partial charge in [0.2, 0.25) is 0 Å². The predicted octanol–water partition coefficient (Wildman–Crippen LogP) is 3.00. The monoisotopic (exact) mass is 399 g/mol. The van der Waals surface area contributed by atoms with Crippen LogP contribution in [0.15, 0.2) is 47.4 Å². The lowest BCUT2D eigenvalue weighted by atomic mass is 10.0.